The normalized spacial score (nSPS) is 19.4. The number of rotatable bonds is 5. The van der Waals surface area contributed by atoms with Gasteiger partial charge in [0.25, 0.3) is 0 Å². The topological polar surface area (TPSA) is 40.5 Å². The zero-order valence-corrected chi connectivity index (χ0v) is 7.51. The predicted molar refractivity (Wildman–Crippen MR) is 46.1 cm³/mol. The maximum absolute atomic E-state index is 9.75. The van der Waals surface area contributed by atoms with Crippen molar-refractivity contribution in [1.29, 1.82) is 0 Å². The van der Waals surface area contributed by atoms with Crippen LogP contribution in [-0.2, 0) is 0 Å². The Bertz CT molecular complexity index is 102. The van der Waals surface area contributed by atoms with Crippen molar-refractivity contribution < 1.29 is 10.2 Å². The van der Waals surface area contributed by atoms with Gasteiger partial charge in [0.1, 0.15) is 0 Å². The molecule has 0 aliphatic carbocycles. The van der Waals surface area contributed by atoms with E-state index >= 15 is 0 Å². The van der Waals surface area contributed by atoms with Crippen LogP contribution in [-0.4, -0.2) is 21.9 Å². The van der Waals surface area contributed by atoms with Crippen molar-refractivity contribution in [3.05, 3.63) is 6.92 Å². The lowest BCUT2D eigenvalue weighted by Gasteiger charge is -2.29. The molecule has 0 aliphatic rings. The van der Waals surface area contributed by atoms with Gasteiger partial charge in [0.2, 0.25) is 0 Å². The molecule has 2 heteroatoms. The lowest BCUT2D eigenvalue weighted by Crippen LogP contribution is -2.39. The van der Waals surface area contributed by atoms with Gasteiger partial charge in [-0.1, -0.05) is 26.7 Å². The molecule has 0 heterocycles. The third-order valence-corrected chi connectivity index (χ3v) is 2.25. The first kappa shape index (κ1) is 10.9. The van der Waals surface area contributed by atoms with Gasteiger partial charge in [0.05, 0.1) is 11.7 Å². The second-order valence-electron chi connectivity index (χ2n) is 3.09. The third-order valence-electron chi connectivity index (χ3n) is 2.25. The fourth-order valence-corrected chi connectivity index (χ4v) is 1.11. The molecule has 67 valence electrons. The van der Waals surface area contributed by atoms with Crippen molar-refractivity contribution in [3.63, 3.8) is 0 Å². The standard InChI is InChI=1S/C9H19O2/c1-4-6-7-9(11,5-2)8(3)10/h8,10-11H,1,4-7H2,2-3H3. The summed E-state index contributed by atoms with van der Waals surface area (Å²) in [6, 6.07) is 0. The highest BCUT2D eigenvalue weighted by molar-refractivity contribution is 4.82. The highest BCUT2D eigenvalue weighted by Gasteiger charge is 2.29. The Labute approximate surface area is 69.2 Å². The quantitative estimate of drug-likeness (QED) is 0.638. The molecule has 0 fully saturated rings. The van der Waals surface area contributed by atoms with E-state index in [-0.39, 0.29) is 0 Å². The summed E-state index contributed by atoms with van der Waals surface area (Å²) in [6.45, 7) is 7.21. The lowest BCUT2D eigenvalue weighted by molar-refractivity contribution is -0.0748. The van der Waals surface area contributed by atoms with Gasteiger partial charge in [0.15, 0.2) is 0 Å². The summed E-state index contributed by atoms with van der Waals surface area (Å²) in [6.07, 6.45) is 2.29. The SMILES string of the molecule is [CH2]CCCC(O)(CC)C(C)O. The Morgan fingerprint density at radius 1 is 1.55 bits per heavy atom. The van der Waals surface area contributed by atoms with Crippen molar-refractivity contribution in [3.8, 4) is 0 Å². The van der Waals surface area contributed by atoms with Crippen molar-refractivity contribution in [2.75, 3.05) is 0 Å². The molecule has 2 atom stereocenters. The number of hydrogen-bond donors (Lipinski definition) is 2. The lowest BCUT2D eigenvalue weighted by atomic mass is 9.89. The van der Waals surface area contributed by atoms with Crippen LogP contribution in [0.1, 0.15) is 39.5 Å². The monoisotopic (exact) mass is 159 g/mol. The van der Waals surface area contributed by atoms with Gasteiger partial charge in [-0.2, -0.15) is 0 Å². The van der Waals surface area contributed by atoms with Crippen molar-refractivity contribution in [1.82, 2.24) is 0 Å². The molecule has 2 N–H and O–H groups in total. The van der Waals surface area contributed by atoms with Crippen LogP contribution < -0.4 is 0 Å². The number of hydrogen-bond acceptors (Lipinski definition) is 2. The van der Waals surface area contributed by atoms with E-state index in [1.807, 2.05) is 6.92 Å². The average molecular weight is 159 g/mol. The molecule has 0 amide bonds. The minimum Gasteiger partial charge on any atom is -0.390 e. The van der Waals surface area contributed by atoms with Crippen LogP contribution in [0.3, 0.4) is 0 Å². The smallest absolute Gasteiger partial charge is 0.0900 e. The summed E-state index contributed by atoms with van der Waals surface area (Å²) in [4.78, 5) is 0. The van der Waals surface area contributed by atoms with E-state index in [9.17, 15) is 10.2 Å². The summed E-state index contributed by atoms with van der Waals surface area (Å²) in [5.74, 6) is 0. The minimum absolute atomic E-state index is 0.602. The zero-order valence-electron chi connectivity index (χ0n) is 7.51. The van der Waals surface area contributed by atoms with Gasteiger partial charge < -0.3 is 10.2 Å². The molecular weight excluding hydrogens is 140 g/mol. The van der Waals surface area contributed by atoms with E-state index in [4.69, 9.17) is 0 Å². The highest BCUT2D eigenvalue weighted by atomic mass is 16.3. The second kappa shape index (κ2) is 4.73. The molecule has 0 aromatic rings. The van der Waals surface area contributed by atoms with E-state index < -0.39 is 11.7 Å². The van der Waals surface area contributed by atoms with E-state index in [0.29, 0.717) is 12.8 Å². The van der Waals surface area contributed by atoms with Crippen LogP contribution in [0.2, 0.25) is 0 Å². The molecular formula is C9H19O2. The van der Waals surface area contributed by atoms with E-state index in [2.05, 4.69) is 6.92 Å². The largest absolute Gasteiger partial charge is 0.390 e. The Kier molecular flexibility index (Phi) is 4.69. The summed E-state index contributed by atoms with van der Waals surface area (Å²) < 4.78 is 0. The van der Waals surface area contributed by atoms with Gasteiger partial charge in [-0.15, -0.1) is 0 Å². The molecule has 2 unspecified atom stereocenters. The van der Waals surface area contributed by atoms with Crippen LogP contribution in [0.5, 0.6) is 0 Å². The van der Waals surface area contributed by atoms with Gasteiger partial charge in [-0.05, 0) is 19.8 Å². The summed E-state index contributed by atoms with van der Waals surface area (Å²) in [5, 5.41) is 19.0. The molecule has 0 saturated heterocycles. The van der Waals surface area contributed by atoms with Gasteiger partial charge in [0, 0.05) is 0 Å². The zero-order chi connectivity index (χ0) is 8.91. The summed E-state index contributed by atoms with van der Waals surface area (Å²) in [7, 11) is 0. The van der Waals surface area contributed by atoms with Gasteiger partial charge >= 0.3 is 0 Å². The highest BCUT2D eigenvalue weighted by Crippen LogP contribution is 2.22. The first-order valence-corrected chi connectivity index (χ1v) is 4.26. The van der Waals surface area contributed by atoms with Crippen LogP contribution in [0.25, 0.3) is 0 Å². The Morgan fingerprint density at radius 2 is 2.09 bits per heavy atom. The fraction of sp³-hybridized carbons (Fsp3) is 0.889. The van der Waals surface area contributed by atoms with Crippen molar-refractivity contribution >= 4 is 0 Å². The van der Waals surface area contributed by atoms with Crippen molar-refractivity contribution in [2.45, 2.75) is 51.2 Å². The van der Waals surface area contributed by atoms with E-state index in [1.54, 1.807) is 6.92 Å². The van der Waals surface area contributed by atoms with Gasteiger partial charge in [-0.3, -0.25) is 0 Å². The van der Waals surface area contributed by atoms with Crippen LogP contribution in [0, 0.1) is 6.92 Å². The second-order valence-corrected chi connectivity index (χ2v) is 3.09. The summed E-state index contributed by atoms with van der Waals surface area (Å²) >= 11 is 0. The Balaban J connectivity index is 3.88. The third kappa shape index (κ3) is 3.21. The maximum Gasteiger partial charge on any atom is 0.0900 e. The van der Waals surface area contributed by atoms with E-state index in [1.165, 1.54) is 0 Å². The molecule has 2 nitrogen and oxygen atoms in total. The average Bonchev–Trinajstić information content (AvgIpc) is 2.00. The first-order chi connectivity index (χ1) is 5.06. The van der Waals surface area contributed by atoms with Crippen LogP contribution in [0.15, 0.2) is 0 Å². The minimum atomic E-state index is -0.891. The maximum atomic E-state index is 9.75. The predicted octanol–water partition coefficient (Wildman–Crippen LogP) is 1.51. The molecule has 1 radical (unpaired) electrons. The summed E-state index contributed by atoms with van der Waals surface area (Å²) in [5.41, 5.74) is -0.891. The molecule has 0 rings (SSSR count). The van der Waals surface area contributed by atoms with Gasteiger partial charge in [-0.25, -0.2) is 0 Å². The molecule has 11 heavy (non-hydrogen) atoms. The molecule has 0 aromatic heterocycles. The number of aliphatic hydroxyl groups excluding tert-OH is 1. The fourth-order valence-electron chi connectivity index (χ4n) is 1.11. The Hall–Kier alpha value is -0.0800. The number of unbranched alkanes of at least 4 members (excludes halogenated alkanes) is 1. The molecule has 0 aliphatic heterocycles. The Morgan fingerprint density at radius 3 is 2.36 bits per heavy atom. The molecule has 0 saturated carbocycles. The van der Waals surface area contributed by atoms with Crippen molar-refractivity contribution in [2.24, 2.45) is 0 Å². The molecule has 0 aromatic carbocycles. The molecule has 0 bridgehead atoms. The van der Waals surface area contributed by atoms with E-state index in [0.717, 1.165) is 12.8 Å². The van der Waals surface area contributed by atoms with Crippen LogP contribution >= 0.6 is 0 Å². The molecule has 0 spiro atoms. The van der Waals surface area contributed by atoms with Crippen LogP contribution in [0.4, 0.5) is 0 Å². The number of aliphatic hydroxyl groups is 2. The first-order valence-electron chi connectivity index (χ1n) is 4.26.